The monoisotopic (exact) mass is 249 g/mol. The van der Waals surface area contributed by atoms with Crippen LogP contribution < -0.4 is 16.4 Å². The summed E-state index contributed by atoms with van der Waals surface area (Å²) in [6.07, 6.45) is 0.143. The zero-order valence-corrected chi connectivity index (χ0v) is 9.67. The highest BCUT2D eigenvalue weighted by Crippen LogP contribution is 2.03. The Balaban J connectivity index is 3.55. The normalized spacial score (nSPS) is 11.6. The Bertz CT molecular complexity index is 272. The van der Waals surface area contributed by atoms with Gasteiger partial charge >= 0.3 is 12.0 Å². The van der Waals surface area contributed by atoms with Crippen LogP contribution in [-0.4, -0.2) is 47.6 Å². The molecule has 0 rings (SSSR count). The second kappa shape index (κ2) is 7.94. The van der Waals surface area contributed by atoms with E-state index in [1.165, 1.54) is 18.8 Å². The second-order valence-electron chi connectivity index (χ2n) is 2.90. The molecule has 0 saturated heterocycles. The van der Waals surface area contributed by atoms with E-state index in [1.54, 1.807) is 0 Å². The topological polar surface area (TPSA) is 122 Å². The molecule has 0 radical (unpaired) electrons. The van der Waals surface area contributed by atoms with Gasteiger partial charge < -0.3 is 16.2 Å². The van der Waals surface area contributed by atoms with Crippen molar-refractivity contribution in [2.24, 2.45) is 5.73 Å². The number of carbonyl (C=O) groups excluding carboxylic acids is 2. The molecular weight excluding hydrogens is 234 g/mol. The van der Waals surface area contributed by atoms with Gasteiger partial charge in [0.15, 0.2) is 0 Å². The SMILES string of the molecule is CNC(=O)NC(=O)CCSCC(N)C(=O)O. The second-order valence-corrected chi connectivity index (χ2v) is 4.05. The summed E-state index contributed by atoms with van der Waals surface area (Å²) < 4.78 is 0. The van der Waals surface area contributed by atoms with Gasteiger partial charge in [-0.25, -0.2) is 4.79 Å². The zero-order chi connectivity index (χ0) is 12.6. The molecule has 0 saturated carbocycles. The first kappa shape index (κ1) is 14.7. The quantitative estimate of drug-likeness (QED) is 0.447. The number of thioether (sulfide) groups is 1. The predicted octanol–water partition coefficient (Wildman–Crippen LogP) is -1.02. The molecule has 0 aliphatic carbocycles. The van der Waals surface area contributed by atoms with Gasteiger partial charge in [-0.05, 0) is 0 Å². The van der Waals surface area contributed by atoms with Crippen LogP contribution in [-0.2, 0) is 9.59 Å². The van der Waals surface area contributed by atoms with Crippen LogP contribution in [0.4, 0.5) is 4.79 Å². The van der Waals surface area contributed by atoms with Crippen LogP contribution in [0.2, 0.25) is 0 Å². The van der Waals surface area contributed by atoms with Crippen LogP contribution in [0.5, 0.6) is 0 Å². The van der Waals surface area contributed by atoms with Gasteiger partial charge in [0, 0.05) is 25.0 Å². The van der Waals surface area contributed by atoms with E-state index < -0.39 is 23.9 Å². The number of hydrogen-bond acceptors (Lipinski definition) is 5. The number of carboxylic acids is 1. The lowest BCUT2D eigenvalue weighted by Gasteiger charge is -2.05. The van der Waals surface area contributed by atoms with Crippen molar-refractivity contribution in [3.05, 3.63) is 0 Å². The lowest BCUT2D eigenvalue weighted by atomic mass is 10.4. The molecule has 0 bridgehead atoms. The molecule has 3 amide bonds. The van der Waals surface area contributed by atoms with Crippen molar-refractivity contribution in [1.82, 2.24) is 10.6 Å². The van der Waals surface area contributed by atoms with E-state index in [1.807, 2.05) is 0 Å². The standard InChI is InChI=1S/C8H15N3O4S/c1-10-8(15)11-6(12)2-3-16-4-5(9)7(13)14/h5H,2-4,9H2,1H3,(H,13,14)(H2,10,11,12,15). The van der Waals surface area contributed by atoms with Gasteiger partial charge in [0.2, 0.25) is 5.91 Å². The Hall–Kier alpha value is -1.28. The predicted molar refractivity (Wildman–Crippen MR) is 60.2 cm³/mol. The number of amides is 3. The lowest BCUT2D eigenvalue weighted by Crippen LogP contribution is -2.37. The summed E-state index contributed by atoms with van der Waals surface area (Å²) in [6, 6.07) is -1.48. The van der Waals surface area contributed by atoms with E-state index in [-0.39, 0.29) is 12.2 Å². The molecule has 1 atom stereocenters. The fourth-order valence-corrected chi connectivity index (χ4v) is 1.59. The number of urea groups is 1. The van der Waals surface area contributed by atoms with Gasteiger partial charge in [-0.2, -0.15) is 11.8 Å². The molecule has 0 spiro atoms. The van der Waals surface area contributed by atoms with Gasteiger partial charge in [-0.15, -0.1) is 0 Å². The molecule has 16 heavy (non-hydrogen) atoms. The fourth-order valence-electron chi connectivity index (χ4n) is 0.698. The van der Waals surface area contributed by atoms with Crippen molar-refractivity contribution >= 4 is 29.7 Å². The molecule has 7 nitrogen and oxygen atoms in total. The van der Waals surface area contributed by atoms with Gasteiger partial charge in [-0.3, -0.25) is 14.9 Å². The molecule has 92 valence electrons. The van der Waals surface area contributed by atoms with Crippen molar-refractivity contribution in [2.45, 2.75) is 12.5 Å². The Labute approximate surface area is 97.1 Å². The number of imide groups is 1. The van der Waals surface area contributed by atoms with E-state index in [4.69, 9.17) is 10.8 Å². The number of carboxylic acid groups (broad SMARTS) is 1. The van der Waals surface area contributed by atoms with E-state index in [9.17, 15) is 14.4 Å². The largest absolute Gasteiger partial charge is 0.480 e. The summed E-state index contributed by atoms with van der Waals surface area (Å²) in [7, 11) is 1.41. The first-order valence-electron chi connectivity index (χ1n) is 4.55. The van der Waals surface area contributed by atoms with E-state index in [0.29, 0.717) is 5.75 Å². The minimum absolute atomic E-state index is 0.143. The molecule has 0 heterocycles. The summed E-state index contributed by atoms with van der Waals surface area (Å²) in [4.78, 5) is 32.1. The summed E-state index contributed by atoms with van der Waals surface area (Å²) >= 11 is 1.25. The molecule has 0 aromatic carbocycles. The van der Waals surface area contributed by atoms with Crippen molar-refractivity contribution in [3.63, 3.8) is 0 Å². The average Bonchev–Trinajstić information content (AvgIpc) is 2.23. The number of rotatable bonds is 6. The third-order valence-corrected chi connectivity index (χ3v) is 2.66. The maximum absolute atomic E-state index is 11.1. The smallest absolute Gasteiger partial charge is 0.321 e. The van der Waals surface area contributed by atoms with E-state index >= 15 is 0 Å². The van der Waals surface area contributed by atoms with Crippen molar-refractivity contribution in [2.75, 3.05) is 18.6 Å². The molecule has 0 aromatic heterocycles. The highest BCUT2D eigenvalue weighted by Gasteiger charge is 2.11. The minimum atomic E-state index is -1.07. The zero-order valence-electron chi connectivity index (χ0n) is 8.86. The van der Waals surface area contributed by atoms with Gasteiger partial charge in [0.05, 0.1) is 0 Å². The van der Waals surface area contributed by atoms with E-state index in [0.717, 1.165) is 0 Å². The Morgan fingerprint density at radius 2 is 2.06 bits per heavy atom. The first-order chi connectivity index (χ1) is 7.47. The van der Waals surface area contributed by atoms with Crippen LogP contribution in [0.1, 0.15) is 6.42 Å². The first-order valence-corrected chi connectivity index (χ1v) is 5.70. The number of carbonyl (C=O) groups is 3. The van der Waals surface area contributed by atoms with Gasteiger partial charge in [-0.1, -0.05) is 0 Å². The van der Waals surface area contributed by atoms with Crippen LogP contribution in [0.15, 0.2) is 0 Å². The van der Waals surface area contributed by atoms with Crippen molar-refractivity contribution in [1.29, 1.82) is 0 Å². The fraction of sp³-hybridized carbons (Fsp3) is 0.625. The number of nitrogens with two attached hydrogens (primary N) is 1. The number of nitrogens with one attached hydrogen (secondary N) is 2. The van der Waals surface area contributed by atoms with Crippen LogP contribution in [0, 0.1) is 0 Å². The Morgan fingerprint density at radius 3 is 2.56 bits per heavy atom. The maximum Gasteiger partial charge on any atom is 0.321 e. The maximum atomic E-state index is 11.1. The molecular formula is C8H15N3O4S. The highest BCUT2D eigenvalue weighted by atomic mass is 32.2. The molecule has 0 aromatic rings. The molecule has 1 unspecified atom stereocenters. The summed E-state index contributed by atoms with van der Waals surface area (Å²) in [5.74, 6) is -0.815. The lowest BCUT2D eigenvalue weighted by molar-refractivity contribution is -0.137. The highest BCUT2D eigenvalue weighted by molar-refractivity contribution is 7.99. The third kappa shape index (κ3) is 7.07. The van der Waals surface area contributed by atoms with Crippen LogP contribution in [0.25, 0.3) is 0 Å². The van der Waals surface area contributed by atoms with Gasteiger partial charge in [0.1, 0.15) is 6.04 Å². The molecule has 5 N–H and O–H groups in total. The van der Waals surface area contributed by atoms with Gasteiger partial charge in [0.25, 0.3) is 0 Å². The molecule has 0 fully saturated rings. The average molecular weight is 249 g/mol. The molecule has 0 aliphatic heterocycles. The summed E-state index contributed by atoms with van der Waals surface area (Å²) in [6.45, 7) is 0. The number of hydrogen-bond donors (Lipinski definition) is 4. The summed E-state index contributed by atoms with van der Waals surface area (Å²) in [5, 5.41) is 12.8. The van der Waals surface area contributed by atoms with Crippen LogP contribution >= 0.6 is 11.8 Å². The molecule has 0 aliphatic rings. The summed E-state index contributed by atoms with van der Waals surface area (Å²) in [5.41, 5.74) is 5.25. The van der Waals surface area contributed by atoms with Crippen molar-refractivity contribution < 1.29 is 19.5 Å². The third-order valence-electron chi connectivity index (χ3n) is 1.57. The van der Waals surface area contributed by atoms with Crippen molar-refractivity contribution in [3.8, 4) is 0 Å². The Morgan fingerprint density at radius 1 is 1.44 bits per heavy atom. The van der Waals surface area contributed by atoms with E-state index in [2.05, 4.69) is 10.6 Å². The van der Waals surface area contributed by atoms with Crippen LogP contribution in [0.3, 0.4) is 0 Å². The Kier molecular flexibility index (Phi) is 7.31. The molecule has 8 heteroatoms. The number of aliphatic carboxylic acids is 1. The minimum Gasteiger partial charge on any atom is -0.480 e.